The van der Waals surface area contributed by atoms with Crippen LogP contribution in [0.1, 0.15) is 43.0 Å². The van der Waals surface area contributed by atoms with Gasteiger partial charge in [0.2, 0.25) is 0 Å². The minimum absolute atomic E-state index is 0.180. The van der Waals surface area contributed by atoms with Crippen molar-refractivity contribution in [3.63, 3.8) is 0 Å². The molecule has 9 rings (SSSR count). The van der Waals surface area contributed by atoms with E-state index in [9.17, 15) is 15.3 Å². The van der Waals surface area contributed by atoms with E-state index < -0.39 is 10.8 Å². The van der Waals surface area contributed by atoms with Gasteiger partial charge in [0.15, 0.2) is 5.82 Å². The Morgan fingerprint density at radius 2 is 1.24 bits per heavy atom. The number of aromatic amines is 1. The normalized spacial score (nSPS) is 14.8. The van der Waals surface area contributed by atoms with E-state index in [4.69, 9.17) is 9.97 Å². The maximum Gasteiger partial charge on any atom is 0.259 e. The molecule has 51 heavy (non-hydrogen) atoms. The highest BCUT2D eigenvalue weighted by molar-refractivity contribution is 6.02. The smallest absolute Gasteiger partial charge is 0.259 e. The molecule has 7 aromatic rings. The number of benzene rings is 4. The first-order valence-electron chi connectivity index (χ1n) is 16.9. The van der Waals surface area contributed by atoms with Crippen LogP contribution in [-0.4, -0.2) is 24.9 Å². The quantitative estimate of drug-likeness (QED) is 0.174. The van der Waals surface area contributed by atoms with Crippen LogP contribution in [0.3, 0.4) is 0 Å². The Bertz CT molecular complexity index is 2530. The van der Waals surface area contributed by atoms with Crippen LogP contribution in [0.15, 0.2) is 126 Å². The van der Waals surface area contributed by atoms with Gasteiger partial charge in [0.1, 0.15) is 22.5 Å². The summed E-state index contributed by atoms with van der Waals surface area (Å²) in [5.41, 5.74) is 5.13. The van der Waals surface area contributed by atoms with Crippen molar-refractivity contribution in [3.05, 3.63) is 149 Å². The molecule has 2 fully saturated rings. The molecule has 2 aliphatic rings. The van der Waals surface area contributed by atoms with Crippen LogP contribution in [0.25, 0.3) is 44.1 Å². The fraction of sp³-hybridized carbons (Fsp3) is 0.167. The number of aromatic nitrogens is 5. The van der Waals surface area contributed by atoms with E-state index in [0.717, 1.165) is 70.4 Å². The summed E-state index contributed by atoms with van der Waals surface area (Å²) in [5, 5.41) is 23.9. The van der Waals surface area contributed by atoms with Gasteiger partial charge in [-0.1, -0.05) is 91.0 Å². The molecule has 9 heteroatoms. The maximum absolute atomic E-state index is 12.6. The van der Waals surface area contributed by atoms with Gasteiger partial charge in [-0.2, -0.15) is 10.5 Å². The van der Waals surface area contributed by atoms with Gasteiger partial charge >= 0.3 is 0 Å². The third-order valence-electron chi connectivity index (χ3n) is 9.60. The number of hydrogen-bond donors (Lipinski definition) is 2. The molecule has 0 atom stereocenters. The van der Waals surface area contributed by atoms with Crippen LogP contribution in [0.2, 0.25) is 0 Å². The highest BCUT2D eigenvalue weighted by Crippen LogP contribution is 2.47. The van der Waals surface area contributed by atoms with Crippen LogP contribution in [-0.2, 0) is 17.4 Å². The van der Waals surface area contributed by atoms with Crippen molar-refractivity contribution in [3.8, 4) is 34.4 Å². The van der Waals surface area contributed by atoms with Crippen molar-refractivity contribution in [1.29, 1.82) is 10.5 Å². The number of pyridine rings is 1. The molecule has 2 saturated carbocycles. The molecule has 246 valence electrons. The topological polar surface area (TPSA) is 144 Å². The molecule has 3 aromatic heterocycles. The molecule has 3 heterocycles. The number of nitrogens with one attached hydrogen (secondary N) is 2. The average molecular weight is 665 g/mol. The van der Waals surface area contributed by atoms with Crippen molar-refractivity contribution < 1.29 is 0 Å². The molecule has 0 radical (unpaired) electrons. The first-order valence-corrected chi connectivity index (χ1v) is 16.9. The van der Waals surface area contributed by atoms with Crippen molar-refractivity contribution in [2.45, 2.75) is 43.1 Å². The summed E-state index contributed by atoms with van der Waals surface area (Å²) >= 11 is 0. The second-order valence-corrected chi connectivity index (χ2v) is 13.0. The van der Waals surface area contributed by atoms with Gasteiger partial charge in [0, 0.05) is 6.20 Å². The van der Waals surface area contributed by atoms with Crippen LogP contribution >= 0.6 is 0 Å². The van der Waals surface area contributed by atoms with Crippen LogP contribution in [0, 0.1) is 22.7 Å². The molecular formula is C42H32N8O. The number of anilines is 1. The summed E-state index contributed by atoms with van der Waals surface area (Å²) in [6.07, 6.45) is 4.93. The second kappa shape index (κ2) is 13.0. The standard InChI is InChI=1S/C24H19N5.C18H13N3O/c25-16-24(12-13-24)23-28-20-11-6-10-19(17-7-2-1-3-8-17)21(20)22(29-23)27-15-18-9-4-5-14-26-18;19-11-18(9-10-18)17-20-14-8-4-7-13(15(14)16(22)21-17)12-5-2-1-3-6-12/h1-11,14H,12-13,15H2,(H,27,28,29);1-8H,9-10H2,(H,20,21,22). The lowest BCUT2D eigenvalue weighted by molar-refractivity contribution is 0.799. The molecule has 9 nitrogen and oxygen atoms in total. The Morgan fingerprint density at radius 1 is 0.647 bits per heavy atom. The lowest BCUT2D eigenvalue weighted by Crippen LogP contribution is -2.18. The molecule has 2 aliphatic carbocycles. The second-order valence-electron chi connectivity index (χ2n) is 13.0. The number of nitrogens with zero attached hydrogens (tertiary/aromatic N) is 6. The van der Waals surface area contributed by atoms with E-state index in [1.165, 1.54) is 0 Å². The summed E-state index contributed by atoms with van der Waals surface area (Å²) in [5.74, 6) is 1.86. The van der Waals surface area contributed by atoms with Gasteiger partial charge in [-0.15, -0.1) is 0 Å². The van der Waals surface area contributed by atoms with E-state index in [1.54, 1.807) is 6.20 Å². The minimum Gasteiger partial charge on any atom is -0.364 e. The Kier molecular flexibility index (Phi) is 8.02. The van der Waals surface area contributed by atoms with E-state index >= 15 is 0 Å². The zero-order valence-electron chi connectivity index (χ0n) is 27.7. The van der Waals surface area contributed by atoms with Crippen molar-refractivity contribution in [2.24, 2.45) is 0 Å². The Hall–Kier alpha value is -6.71. The maximum atomic E-state index is 12.6. The summed E-state index contributed by atoms with van der Waals surface area (Å²) in [6, 6.07) is 42.3. The Balaban J connectivity index is 0.000000152. The fourth-order valence-electron chi connectivity index (χ4n) is 6.37. The molecule has 0 spiro atoms. The summed E-state index contributed by atoms with van der Waals surface area (Å²) in [4.78, 5) is 34.0. The number of rotatable bonds is 7. The van der Waals surface area contributed by atoms with Crippen LogP contribution in [0.5, 0.6) is 0 Å². The van der Waals surface area contributed by atoms with Crippen LogP contribution < -0.4 is 10.9 Å². The molecule has 2 N–H and O–H groups in total. The molecular weight excluding hydrogens is 633 g/mol. The van der Waals surface area contributed by atoms with Crippen LogP contribution in [0.4, 0.5) is 5.82 Å². The first-order chi connectivity index (χ1) is 25.0. The largest absolute Gasteiger partial charge is 0.364 e. The molecule has 0 bridgehead atoms. The van der Waals surface area contributed by atoms with E-state index in [-0.39, 0.29) is 5.56 Å². The monoisotopic (exact) mass is 664 g/mol. The number of nitriles is 2. The lowest BCUT2D eigenvalue weighted by Gasteiger charge is -2.15. The molecule has 0 aliphatic heterocycles. The van der Waals surface area contributed by atoms with Gasteiger partial charge in [0.25, 0.3) is 5.56 Å². The number of H-pyrrole nitrogens is 1. The van der Waals surface area contributed by atoms with Gasteiger partial charge in [-0.25, -0.2) is 15.0 Å². The van der Waals surface area contributed by atoms with Gasteiger partial charge < -0.3 is 10.3 Å². The zero-order chi connectivity index (χ0) is 34.8. The predicted octanol–water partition coefficient (Wildman–Crippen LogP) is 8.00. The van der Waals surface area contributed by atoms with Crippen molar-refractivity contribution in [2.75, 3.05) is 5.32 Å². The average Bonchev–Trinajstić information content (AvgIpc) is 4.14. The minimum atomic E-state index is -0.587. The first kappa shape index (κ1) is 31.6. The van der Waals surface area contributed by atoms with Gasteiger partial charge in [-0.05, 0) is 72.2 Å². The zero-order valence-corrected chi connectivity index (χ0v) is 27.7. The van der Waals surface area contributed by atoms with Gasteiger partial charge in [0.05, 0.1) is 46.2 Å². The predicted molar refractivity (Wildman–Crippen MR) is 197 cm³/mol. The van der Waals surface area contributed by atoms with E-state index in [2.05, 4.69) is 50.6 Å². The third kappa shape index (κ3) is 6.07. The summed E-state index contributed by atoms with van der Waals surface area (Å²) in [6.45, 7) is 0.551. The number of fused-ring (bicyclic) bond motifs is 2. The molecule has 4 aromatic carbocycles. The fourth-order valence-corrected chi connectivity index (χ4v) is 6.37. The van der Waals surface area contributed by atoms with E-state index in [1.807, 2.05) is 97.1 Å². The molecule has 0 unspecified atom stereocenters. The van der Waals surface area contributed by atoms with E-state index in [0.29, 0.717) is 29.1 Å². The molecule has 0 saturated heterocycles. The lowest BCUT2D eigenvalue weighted by atomic mass is 10.00. The molecule has 0 amide bonds. The summed E-state index contributed by atoms with van der Waals surface area (Å²) in [7, 11) is 0. The van der Waals surface area contributed by atoms with Gasteiger partial charge in [-0.3, -0.25) is 9.78 Å². The Labute approximate surface area is 294 Å². The SMILES string of the molecule is N#CC1(c2nc(NCc3ccccn3)c3c(-c4ccccc4)cccc3n2)CC1.N#CC1(c2nc3cccc(-c4ccccc4)c3c(=O)[nH]2)CC1. The summed E-state index contributed by atoms with van der Waals surface area (Å²) < 4.78 is 0. The Morgan fingerprint density at radius 3 is 1.80 bits per heavy atom. The highest BCUT2D eigenvalue weighted by atomic mass is 16.1. The van der Waals surface area contributed by atoms with Crippen molar-refractivity contribution >= 4 is 27.6 Å². The van der Waals surface area contributed by atoms with Crippen molar-refractivity contribution in [1.82, 2.24) is 24.9 Å². The highest BCUT2D eigenvalue weighted by Gasteiger charge is 2.49. The third-order valence-corrected chi connectivity index (χ3v) is 9.60. The number of hydrogen-bond acceptors (Lipinski definition) is 8.